The molecule has 1 amide bonds. The van der Waals surface area contributed by atoms with E-state index in [0.29, 0.717) is 18.5 Å². The van der Waals surface area contributed by atoms with E-state index in [1.165, 1.54) is 4.90 Å². The highest BCUT2D eigenvalue weighted by molar-refractivity contribution is 6.08. The number of carbonyl (C=O) groups is 1. The van der Waals surface area contributed by atoms with E-state index >= 15 is 0 Å². The number of furan rings is 1. The maximum Gasteiger partial charge on any atom is 0.401 e. The van der Waals surface area contributed by atoms with Gasteiger partial charge in [-0.05, 0) is 18.7 Å². The summed E-state index contributed by atoms with van der Waals surface area (Å²) in [5, 5.41) is 5.63. The van der Waals surface area contributed by atoms with Crippen LogP contribution in [0.2, 0.25) is 0 Å². The van der Waals surface area contributed by atoms with Crippen molar-refractivity contribution in [2.24, 2.45) is 0 Å². The average molecular weight is 376 g/mol. The van der Waals surface area contributed by atoms with Crippen molar-refractivity contribution in [3.05, 3.63) is 47.7 Å². The van der Waals surface area contributed by atoms with E-state index in [1.807, 2.05) is 43.3 Å². The number of fused-ring (bicyclic) bond motifs is 3. The van der Waals surface area contributed by atoms with Crippen LogP contribution in [0, 0.1) is 6.92 Å². The maximum absolute atomic E-state index is 12.7. The molecule has 1 atom stereocenters. The van der Waals surface area contributed by atoms with Crippen LogP contribution in [0.1, 0.15) is 22.5 Å². The largest absolute Gasteiger partial charge is 0.450 e. The van der Waals surface area contributed by atoms with Crippen LogP contribution in [0.15, 0.2) is 40.8 Å². The van der Waals surface area contributed by atoms with Crippen LogP contribution in [0.4, 0.5) is 13.2 Å². The van der Waals surface area contributed by atoms with Crippen molar-refractivity contribution in [1.29, 1.82) is 0 Å². The zero-order valence-electron chi connectivity index (χ0n) is 14.8. The van der Waals surface area contributed by atoms with Gasteiger partial charge in [0.25, 0.3) is 5.91 Å². The van der Waals surface area contributed by atoms with E-state index in [0.717, 1.165) is 21.7 Å². The minimum atomic E-state index is -4.23. The van der Waals surface area contributed by atoms with E-state index in [4.69, 9.17) is 4.42 Å². The van der Waals surface area contributed by atoms with Gasteiger partial charge in [0.15, 0.2) is 5.76 Å². The standard InChI is InChI=1S/C20H19F3N2O2/c1-12-15-7-6-13-4-2-3-5-16(13)18(15)27-17(12)19(26)24-14-8-9-25(10-14)11-20(21,22)23/h2-7,14H,8-11H2,1H3,(H,24,26). The second-order valence-corrected chi connectivity index (χ2v) is 7.03. The third-order valence-corrected chi connectivity index (χ3v) is 5.05. The number of benzene rings is 2. The van der Waals surface area contributed by atoms with Crippen molar-refractivity contribution in [1.82, 2.24) is 10.2 Å². The van der Waals surface area contributed by atoms with Crippen molar-refractivity contribution in [3.8, 4) is 0 Å². The number of likely N-dealkylation sites (tertiary alicyclic amines) is 1. The molecule has 0 saturated carbocycles. The predicted octanol–water partition coefficient (Wildman–Crippen LogP) is 4.26. The molecule has 4 nitrogen and oxygen atoms in total. The molecule has 0 spiro atoms. The highest BCUT2D eigenvalue weighted by atomic mass is 19.4. The van der Waals surface area contributed by atoms with Gasteiger partial charge in [-0.3, -0.25) is 9.69 Å². The highest BCUT2D eigenvalue weighted by Crippen LogP contribution is 2.32. The molecule has 1 fully saturated rings. The van der Waals surface area contributed by atoms with Crippen LogP contribution >= 0.6 is 0 Å². The smallest absolute Gasteiger partial charge is 0.401 e. The molecule has 1 saturated heterocycles. The zero-order valence-corrected chi connectivity index (χ0v) is 14.8. The number of rotatable bonds is 3. The summed E-state index contributed by atoms with van der Waals surface area (Å²) in [6, 6.07) is 11.3. The summed E-state index contributed by atoms with van der Waals surface area (Å²) in [6.45, 7) is 1.37. The molecule has 2 heterocycles. The van der Waals surface area contributed by atoms with Crippen LogP contribution in [0.5, 0.6) is 0 Å². The zero-order chi connectivity index (χ0) is 19.2. The molecule has 0 bridgehead atoms. The van der Waals surface area contributed by atoms with Crippen LogP contribution in [-0.4, -0.2) is 42.7 Å². The second-order valence-electron chi connectivity index (χ2n) is 7.03. The van der Waals surface area contributed by atoms with Gasteiger partial charge in [0.1, 0.15) is 5.58 Å². The third-order valence-electron chi connectivity index (χ3n) is 5.05. The second kappa shape index (κ2) is 6.56. The normalized spacial score (nSPS) is 18.4. The molecule has 4 rings (SSSR count). The summed E-state index contributed by atoms with van der Waals surface area (Å²) in [4.78, 5) is 14.0. The monoisotopic (exact) mass is 376 g/mol. The molecule has 1 aliphatic heterocycles. The average Bonchev–Trinajstić information content (AvgIpc) is 3.17. The minimum absolute atomic E-state index is 0.188. The van der Waals surface area contributed by atoms with Gasteiger partial charge < -0.3 is 9.73 Å². The third kappa shape index (κ3) is 3.51. The lowest BCUT2D eigenvalue weighted by Gasteiger charge is -2.18. The first-order valence-corrected chi connectivity index (χ1v) is 8.82. The first-order valence-electron chi connectivity index (χ1n) is 8.82. The van der Waals surface area contributed by atoms with Crippen molar-refractivity contribution < 1.29 is 22.4 Å². The van der Waals surface area contributed by atoms with E-state index in [-0.39, 0.29) is 24.3 Å². The fourth-order valence-corrected chi connectivity index (χ4v) is 3.76. The molecule has 1 aromatic heterocycles. The molecule has 1 aliphatic rings. The Morgan fingerprint density at radius 2 is 2.00 bits per heavy atom. The van der Waals surface area contributed by atoms with Crippen molar-refractivity contribution >= 4 is 27.6 Å². The van der Waals surface area contributed by atoms with Gasteiger partial charge in [0, 0.05) is 35.5 Å². The lowest BCUT2D eigenvalue weighted by molar-refractivity contribution is -0.143. The van der Waals surface area contributed by atoms with Gasteiger partial charge in [0.2, 0.25) is 0 Å². The fourth-order valence-electron chi connectivity index (χ4n) is 3.76. The molecule has 3 aromatic rings. The van der Waals surface area contributed by atoms with Gasteiger partial charge in [-0.2, -0.15) is 13.2 Å². The molecule has 0 radical (unpaired) electrons. The maximum atomic E-state index is 12.7. The van der Waals surface area contributed by atoms with E-state index in [2.05, 4.69) is 5.32 Å². The van der Waals surface area contributed by atoms with Crippen LogP contribution < -0.4 is 5.32 Å². The predicted molar refractivity (Wildman–Crippen MR) is 96.8 cm³/mol. The molecular weight excluding hydrogens is 357 g/mol. The number of amides is 1. The summed E-state index contributed by atoms with van der Waals surface area (Å²) in [6.07, 6.45) is -3.74. The Labute approximate surface area is 153 Å². The number of nitrogens with one attached hydrogen (secondary N) is 1. The number of aryl methyl sites for hydroxylation is 1. The number of hydrogen-bond donors (Lipinski definition) is 1. The van der Waals surface area contributed by atoms with Crippen molar-refractivity contribution in [3.63, 3.8) is 0 Å². The van der Waals surface area contributed by atoms with Crippen LogP contribution in [0.25, 0.3) is 21.7 Å². The quantitative estimate of drug-likeness (QED) is 0.743. The van der Waals surface area contributed by atoms with Crippen LogP contribution in [-0.2, 0) is 0 Å². The molecule has 1 unspecified atom stereocenters. The van der Waals surface area contributed by atoms with E-state index in [1.54, 1.807) is 0 Å². The fraction of sp³-hybridized carbons (Fsp3) is 0.350. The molecule has 27 heavy (non-hydrogen) atoms. The molecule has 2 aromatic carbocycles. The number of hydrogen-bond acceptors (Lipinski definition) is 3. The number of nitrogens with zero attached hydrogens (tertiary/aromatic N) is 1. The lowest BCUT2D eigenvalue weighted by atomic mass is 10.1. The first kappa shape index (κ1) is 17.9. The van der Waals surface area contributed by atoms with Gasteiger partial charge in [-0.25, -0.2) is 0 Å². The van der Waals surface area contributed by atoms with Gasteiger partial charge in [0.05, 0.1) is 6.54 Å². The SMILES string of the molecule is Cc1c(C(=O)NC2CCN(CC(F)(F)F)C2)oc2c1ccc1ccccc12. The van der Waals surface area contributed by atoms with E-state index < -0.39 is 12.7 Å². The molecule has 142 valence electrons. The Kier molecular flexibility index (Phi) is 4.34. The molecule has 0 aliphatic carbocycles. The molecule has 7 heteroatoms. The van der Waals surface area contributed by atoms with E-state index in [9.17, 15) is 18.0 Å². The Bertz CT molecular complexity index is 1010. The van der Waals surface area contributed by atoms with Crippen molar-refractivity contribution in [2.75, 3.05) is 19.6 Å². The summed E-state index contributed by atoms with van der Waals surface area (Å²) in [5.41, 5.74) is 1.39. The summed E-state index contributed by atoms with van der Waals surface area (Å²) >= 11 is 0. The summed E-state index contributed by atoms with van der Waals surface area (Å²) in [7, 11) is 0. The number of carbonyl (C=O) groups excluding carboxylic acids is 1. The van der Waals surface area contributed by atoms with Gasteiger partial charge in [-0.15, -0.1) is 0 Å². The highest BCUT2D eigenvalue weighted by Gasteiger charge is 2.35. The lowest BCUT2D eigenvalue weighted by Crippen LogP contribution is -2.39. The molecular formula is C20H19F3N2O2. The van der Waals surface area contributed by atoms with Gasteiger partial charge in [-0.1, -0.05) is 36.4 Å². The van der Waals surface area contributed by atoms with Crippen molar-refractivity contribution in [2.45, 2.75) is 25.6 Å². The van der Waals surface area contributed by atoms with Crippen LogP contribution in [0.3, 0.4) is 0 Å². The Balaban J connectivity index is 1.55. The number of alkyl halides is 3. The molecule has 1 N–H and O–H groups in total. The Morgan fingerprint density at radius 1 is 1.22 bits per heavy atom. The topological polar surface area (TPSA) is 45.5 Å². The summed E-state index contributed by atoms with van der Waals surface area (Å²) in [5.74, 6) is -0.165. The minimum Gasteiger partial charge on any atom is -0.450 e. The summed E-state index contributed by atoms with van der Waals surface area (Å²) < 4.78 is 43.4. The van der Waals surface area contributed by atoms with Gasteiger partial charge >= 0.3 is 6.18 Å². The first-order chi connectivity index (χ1) is 12.8. The number of halogens is 3. The Morgan fingerprint density at radius 3 is 2.78 bits per heavy atom. The Hall–Kier alpha value is -2.54.